The molecule has 1 aliphatic rings. The summed E-state index contributed by atoms with van der Waals surface area (Å²) >= 11 is 6.18. The van der Waals surface area contributed by atoms with E-state index in [0.717, 1.165) is 41.3 Å². The molecule has 4 rings (SSSR count). The number of fused-ring (bicyclic) bond motifs is 1. The van der Waals surface area contributed by atoms with Crippen molar-refractivity contribution in [2.24, 2.45) is 0 Å². The molecule has 3 aromatic rings. The summed E-state index contributed by atoms with van der Waals surface area (Å²) in [6.07, 6.45) is 0.827. The Morgan fingerprint density at radius 2 is 2.04 bits per heavy atom. The third-order valence-corrected chi connectivity index (χ3v) is 4.61. The van der Waals surface area contributed by atoms with Crippen LogP contribution in [0.1, 0.15) is 5.56 Å². The third kappa shape index (κ3) is 2.66. The van der Waals surface area contributed by atoms with E-state index >= 15 is 0 Å². The number of aromatic nitrogens is 2. The first kappa shape index (κ1) is 16.4. The molecule has 0 radical (unpaired) electrons. The van der Waals surface area contributed by atoms with Gasteiger partial charge in [0, 0.05) is 34.8 Å². The lowest BCUT2D eigenvalue weighted by Gasteiger charge is -2.08. The van der Waals surface area contributed by atoms with Gasteiger partial charge in [-0.15, -0.1) is 0 Å². The minimum atomic E-state index is -0.419. The number of hydrogen-bond acceptors (Lipinski definition) is 5. The Hall–Kier alpha value is -3.06. The predicted octanol–water partition coefficient (Wildman–Crippen LogP) is 4.08. The fraction of sp³-hybridized carbons (Fsp3) is 0.167. The van der Waals surface area contributed by atoms with E-state index in [1.165, 1.54) is 12.1 Å². The molecule has 0 saturated carbocycles. The summed E-state index contributed by atoms with van der Waals surface area (Å²) in [6.45, 7) is 0.802. The van der Waals surface area contributed by atoms with Crippen LogP contribution in [0.3, 0.4) is 0 Å². The van der Waals surface area contributed by atoms with Crippen LogP contribution >= 0.6 is 11.6 Å². The lowest BCUT2D eigenvalue weighted by atomic mass is 10.1. The largest absolute Gasteiger partial charge is 0.496 e. The quantitative estimate of drug-likeness (QED) is 0.552. The number of benzene rings is 2. The number of ether oxygens (including phenoxy) is 1. The highest BCUT2D eigenvalue weighted by atomic mass is 35.5. The number of nitrogens with one attached hydrogen (secondary N) is 1. The Kier molecular flexibility index (Phi) is 4.00. The predicted molar refractivity (Wildman–Crippen MR) is 99.4 cm³/mol. The number of nitro groups is 1. The van der Waals surface area contributed by atoms with Gasteiger partial charge in [0.15, 0.2) is 0 Å². The van der Waals surface area contributed by atoms with Crippen molar-refractivity contribution >= 4 is 23.1 Å². The first-order valence-electron chi connectivity index (χ1n) is 8.03. The molecule has 26 heavy (non-hydrogen) atoms. The second-order valence-corrected chi connectivity index (χ2v) is 6.32. The lowest BCUT2D eigenvalue weighted by Crippen LogP contribution is -2.04. The van der Waals surface area contributed by atoms with Crippen molar-refractivity contribution in [2.45, 2.75) is 6.42 Å². The first-order chi connectivity index (χ1) is 12.6. The van der Waals surface area contributed by atoms with Crippen LogP contribution in [0.25, 0.3) is 16.9 Å². The van der Waals surface area contributed by atoms with Gasteiger partial charge in [-0.25, -0.2) is 4.68 Å². The summed E-state index contributed by atoms with van der Waals surface area (Å²) < 4.78 is 7.23. The zero-order chi connectivity index (χ0) is 18.3. The monoisotopic (exact) mass is 370 g/mol. The maximum Gasteiger partial charge on any atom is 0.269 e. The van der Waals surface area contributed by atoms with E-state index in [0.29, 0.717) is 10.8 Å². The molecule has 2 heterocycles. The maximum atomic E-state index is 10.9. The lowest BCUT2D eigenvalue weighted by molar-refractivity contribution is -0.384. The van der Waals surface area contributed by atoms with Crippen LogP contribution in [-0.2, 0) is 6.42 Å². The summed E-state index contributed by atoms with van der Waals surface area (Å²) in [5.74, 6) is 1.58. The summed E-state index contributed by atoms with van der Waals surface area (Å²) in [5, 5.41) is 19.6. The highest BCUT2D eigenvalue weighted by Gasteiger charge is 2.26. The van der Waals surface area contributed by atoms with Gasteiger partial charge < -0.3 is 10.1 Å². The third-order valence-electron chi connectivity index (χ3n) is 4.37. The highest BCUT2D eigenvalue weighted by Crippen LogP contribution is 2.39. The van der Waals surface area contributed by atoms with Gasteiger partial charge in [0.05, 0.1) is 17.7 Å². The number of methoxy groups -OCH3 is 1. The minimum absolute atomic E-state index is 0.0437. The summed E-state index contributed by atoms with van der Waals surface area (Å²) in [6, 6.07) is 11.7. The fourth-order valence-corrected chi connectivity index (χ4v) is 3.33. The molecule has 0 fully saturated rings. The number of nitrogens with zero attached hydrogens (tertiary/aromatic N) is 3. The highest BCUT2D eigenvalue weighted by molar-refractivity contribution is 6.31. The van der Waals surface area contributed by atoms with E-state index < -0.39 is 4.92 Å². The van der Waals surface area contributed by atoms with Crippen molar-refractivity contribution in [2.75, 3.05) is 19.0 Å². The maximum absolute atomic E-state index is 10.9. The number of hydrogen-bond donors (Lipinski definition) is 1. The topological polar surface area (TPSA) is 82.2 Å². The molecule has 7 nitrogen and oxygen atoms in total. The van der Waals surface area contributed by atoms with Gasteiger partial charge in [0.1, 0.15) is 17.3 Å². The van der Waals surface area contributed by atoms with E-state index in [2.05, 4.69) is 5.32 Å². The summed E-state index contributed by atoms with van der Waals surface area (Å²) in [5.41, 5.74) is 3.47. The first-order valence-corrected chi connectivity index (χ1v) is 8.41. The van der Waals surface area contributed by atoms with E-state index in [9.17, 15) is 10.1 Å². The zero-order valence-corrected chi connectivity index (χ0v) is 14.7. The number of rotatable bonds is 4. The molecular formula is C18H15ClN4O3. The van der Waals surface area contributed by atoms with Gasteiger partial charge in [-0.1, -0.05) is 11.6 Å². The Morgan fingerprint density at radius 1 is 1.27 bits per heavy atom. The number of anilines is 1. The molecule has 2 aromatic carbocycles. The molecule has 0 atom stereocenters. The molecule has 1 aromatic heterocycles. The second kappa shape index (κ2) is 6.34. The number of nitro benzene ring substituents is 1. The van der Waals surface area contributed by atoms with Crippen LogP contribution in [0.15, 0.2) is 42.5 Å². The van der Waals surface area contributed by atoms with Crippen LogP contribution in [0.4, 0.5) is 11.5 Å². The van der Waals surface area contributed by atoms with Crippen LogP contribution in [0.5, 0.6) is 5.75 Å². The fourth-order valence-electron chi connectivity index (χ4n) is 3.16. The molecule has 0 spiro atoms. The van der Waals surface area contributed by atoms with Crippen LogP contribution in [0, 0.1) is 10.1 Å². The average Bonchev–Trinajstić information content (AvgIpc) is 3.24. The minimum Gasteiger partial charge on any atom is -0.496 e. The van der Waals surface area contributed by atoms with Crippen molar-refractivity contribution < 1.29 is 9.66 Å². The molecule has 0 bridgehead atoms. The molecule has 0 saturated heterocycles. The Bertz CT molecular complexity index is 998. The van der Waals surface area contributed by atoms with Gasteiger partial charge in [-0.2, -0.15) is 5.10 Å². The van der Waals surface area contributed by atoms with Gasteiger partial charge in [-0.3, -0.25) is 10.1 Å². The van der Waals surface area contributed by atoms with Crippen molar-refractivity contribution in [3.05, 3.63) is 63.2 Å². The van der Waals surface area contributed by atoms with Gasteiger partial charge >= 0.3 is 0 Å². The number of non-ortho nitro benzene ring substituents is 1. The zero-order valence-electron chi connectivity index (χ0n) is 13.9. The van der Waals surface area contributed by atoms with E-state index in [-0.39, 0.29) is 5.69 Å². The molecule has 8 heteroatoms. The number of halogens is 1. The van der Waals surface area contributed by atoms with E-state index in [1.807, 2.05) is 12.1 Å². The molecule has 1 N–H and O–H groups in total. The molecule has 0 aliphatic carbocycles. The van der Waals surface area contributed by atoms with Crippen molar-refractivity contribution in [1.29, 1.82) is 0 Å². The van der Waals surface area contributed by atoms with Gasteiger partial charge in [0.25, 0.3) is 5.69 Å². The smallest absolute Gasteiger partial charge is 0.269 e. The van der Waals surface area contributed by atoms with Crippen LogP contribution in [0.2, 0.25) is 5.02 Å². The normalized spacial score (nSPS) is 12.5. The van der Waals surface area contributed by atoms with E-state index in [1.54, 1.807) is 30.0 Å². The van der Waals surface area contributed by atoms with Crippen molar-refractivity contribution in [3.63, 3.8) is 0 Å². The van der Waals surface area contributed by atoms with Gasteiger partial charge in [0.2, 0.25) is 0 Å². The molecule has 132 valence electrons. The molecule has 0 unspecified atom stereocenters. The molecule has 0 amide bonds. The second-order valence-electron chi connectivity index (χ2n) is 5.88. The standard InChI is InChI=1S/C18H15ClN4O3/c1-26-16-7-2-11(19)10-15(16)17-14-8-9-20-18(14)22(21-17)12-3-5-13(6-4-12)23(24)25/h2-7,10,20H,8-9H2,1H3. The van der Waals surface area contributed by atoms with Crippen molar-refractivity contribution in [3.8, 4) is 22.7 Å². The van der Waals surface area contributed by atoms with Crippen LogP contribution in [-0.4, -0.2) is 28.4 Å². The Labute approximate surface area is 154 Å². The van der Waals surface area contributed by atoms with E-state index in [4.69, 9.17) is 21.4 Å². The summed E-state index contributed by atoms with van der Waals surface area (Å²) in [4.78, 5) is 10.5. The Morgan fingerprint density at radius 3 is 2.73 bits per heavy atom. The average molecular weight is 371 g/mol. The SMILES string of the molecule is COc1ccc(Cl)cc1-c1nn(-c2ccc([N+](=O)[O-])cc2)c2c1CCN2. The Balaban J connectivity index is 1.86. The van der Waals surface area contributed by atoms with Crippen molar-refractivity contribution in [1.82, 2.24) is 9.78 Å². The van der Waals surface area contributed by atoms with Crippen LogP contribution < -0.4 is 10.1 Å². The molecular weight excluding hydrogens is 356 g/mol. The van der Waals surface area contributed by atoms with Gasteiger partial charge in [-0.05, 0) is 36.8 Å². The summed E-state index contributed by atoms with van der Waals surface area (Å²) in [7, 11) is 1.61. The molecule has 1 aliphatic heterocycles.